The number of aliphatic hydroxyl groups is 2. The minimum Gasteiger partial charge on any atom is -0.388 e. The van der Waals surface area contributed by atoms with E-state index in [1.54, 1.807) is 4.57 Å². The number of aromatic nitrogens is 4. The summed E-state index contributed by atoms with van der Waals surface area (Å²) < 4.78 is 7.31. The van der Waals surface area contributed by atoms with E-state index in [0.29, 0.717) is 17.0 Å². The van der Waals surface area contributed by atoms with Gasteiger partial charge in [0.2, 0.25) is 0 Å². The minimum atomic E-state index is -1.02. The van der Waals surface area contributed by atoms with Gasteiger partial charge in [0.15, 0.2) is 23.2 Å². The zero-order valence-corrected chi connectivity index (χ0v) is 13.2. The summed E-state index contributed by atoms with van der Waals surface area (Å²) in [4.78, 5) is 12.8. The van der Waals surface area contributed by atoms with Gasteiger partial charge in [0, 0.05) is 6.42 Å². The van der Waals surface area contributed by atoms with Gasteiger partial charge in [-0.25, -0.2) is 15.0 Å². The van der Waals surface area contributed by atoms with Crippen LogP contribution in [0.25, 0.3) is 11.2 Å². The molecule has 3 atom stereocenters. The van der Waals surface area contributed by atoms with Crippen LogP contribution in [0.5, 0.6) is 0 Å². The summed E-state index contributed by atoms with van der Waals surface area (Å²) in [5, 5.41) is 20.0. The van der Waals surface area contributed by atoms with E-state index in [9.17, 15) is 10.2 Å². The lowest BCUT2D eigenvalue weighted by Crippen LogP contribution is -2.29. The van der Waals surface area contributed by atoms with Crippen molar-refractivity contribution < 1.29 is 14.9 Å². The van der Waals surface area contributed by atoms with Crippen molar-refractivity contribution in [3.05, 3.63) is 12.2 Å². The third-order valence-corrected chi connectivity index (χ3v) is 4.21. The summed E-state index contributed by atoms with van der Waals surface area (Å²) in [6.45, 7) is 2.25. The van der Waals surface area contributed by atoms with Gasteiger partial charge >= 0.3 is 0 Å². The van der Waals surface area contributed by atoms with Crippen LogP contribution in [-0.4, -0.2) is 48.5 Å². The van der Waals surface area contributed by atoms with Gasteiger partial charge in [-0.3, -0.25) is 4.57 Å². The summed E-state index contributed by atoms with van der Waals surface area (Å²) in [7, 11) is 0. The Hall–Kier alpha value is -1.77. The normalized spacial score (nSPS) is 24.6. The molecule has 2 aromatic heterocycles. The highest BCUT2D eigenvalue weighted by Crippen LogP contribution is 2.30. The van der Waals surface area contributed by atoms with Gasteiger partial charge in [0.1, 0.15) is 24.4 Å². The Morgan fingerprint density at radius 2 is 2.13 bits per heavy atom. The lowest BCUT2D eigenvalue weighted by Gasteiger charge is -2.19. The fourth-order valence-electron chi connectivity index (χ4n) is 2.94. The summed E-state index contributed by atoms with van der Waals surface area (Å²) in [6, 6.07) is 0. The number of rotatable bonds is 6. The van der Waals surface area contributed by atoms with Crippen LogP contribution in [0.2, 0.25) is 0 Å². The average Bonchev–Trinajstić information content (AvgIpc) is 3.06. The largest absolute Gasteiger partial charge is 0.388 e. The van der Waals surface area contributed by atoms with Crippen molar-refractivity contribution in [2.75, 3.05) is 12.3 Å². The first-order valence-corrected chi connectivity index (χ1v) is 8.08. The Balaban J connectivity index is 1.97. The van der Waals surface area contributed by atoms with Crippen molar-refractivity contribution in [1.82, 2.24) is 19.5 Å². The van der Waals surface area contributed by atoms with E-state index in [1.165, 1.54) is 12.7 Å². The van der Waals surface area contributed by atoms with Gasteiger partial charge in [-0.15, -0.1) is 0 Å². The van der Waals surface area contributed by atoms with E-state index in [4.69, 9.17) is 10.5 Å². The molecule has 0 aliphatic carbocycles. The minimum absolute atomic E-state index is 0.0847. The molecular weight excluding hydrogens is 298 g/mol. The van der Waals surface area contributed by atoms with Crippen LogP contribution < -0.4 is 5.73 Å². The van der Waals surface area contributed by atoms with E-state index in [0.717, 1.165) is 31.5 Å². The number of anilines is 1. The third-order valence-electron chi connectivity index (χ3n) is 4.21. The Kier molecular flexibility index (Phi) is 4.74. The Labute approximate surface area is 134 Å². The van der Waals surface area contributed by atoms with Crippen molar-refractivity contribution in [2.24, 2.45) is 0 Å². The van der Waals surface area contributed by atoms with Gasteiger partial charge < -0.3 is 20.7 Å². The molecular formula is C15H23N5O3. The number of nitrogens with zero attached hydrogens (tertiary/aromatic N) is 4. The zero-order chi connectivity index (χ0) is 16.4. The van der Waals surface area contributed by atoms with Crippen LogP contribution in [0.15, 0.2) is 6.33 Å². The number of imidazole rings is 1. The van der Waals surface area contributed by atoms with E-state index >= 15 is 0 Å². The predicted octanol–water partition coefficient (Wildman–Crippen LogP) is 0.782. The van der Waals surface area contributed by atoms with Crippen LogP contribution >= 0.6 is 0 Å². The van der Waals surface area contributed by atoms with Crippen LogP contribution in [-0.2, 0) is 11.2 Å². The number of unbranched alkanes of at least 4 members (excludes halogenated alkanes) is 3. The fourth-order valence-corrected chi connectivity index (χ4v) is 2.94. The lowest BCUT2D eigenvalue weighted by atomic mass is 10.1. The Morgan fingerprint density at radius 1 is 1.30 bits per heavy atom. The molecule has 1 aliphatic heterocycles. The lowest BCUT2D eigenvalue weighted by molar-refractivity contribution is -0.0178. The molecule has 0 saturated carbocycles. The van der Waals surface area contributed by atoms with Crippen molar-refractivity contribution in [1.29, 1.82) is 0 Å². The predicted molar refractivity (Wildman–Crippen MR) is 84.6 cm³/mol. The van der Waals surface area contributed by atoms with Crippen LogP contribution in [0.1, 0.15) is 44.7 Å². The first kappa shape index (κ1) is 16.1. The first-order chi connectivity index (χ1) is 11.1. The summed E-state index contributed by atoms with van der Waals surface area (Å²) in [6.07, 6.45) is 3.89. The van der Waals surface area contributed by atoms with Crippen molar-refractivity contribution >= 4 is 17.0 Å². The molecule has 0 aromatic carbocycles. The number of hydrogen-bond acceptors (Lipinski definition) is 7. The molecule has 0 unspecified atom stereocenters. The first-order valence-electron chi connectivity index (χ1n) is 8.08. The van der Waals surface area contributed by atoms with Gasteiger partial charge in [0.05, 0.1) is 6.61 Å². The molecule has 3 heterocycles. The van der Waals surface area contributed by atoms with E-state index < -0.39 is 18.4 Å². The number of aliphatic hydroxyl groups excluding tert-OH is 2. The molecule has 2 aromatic rings. The molecule has 3 rings (SSSR count). The quantitative estimate of drug-likeness (QED) is 0.673. The molecule has 0 bridgehead atoms. The second kappa shape index (κ2) is 6.77. The molecule has 8 nitrogen and oxygen atoms in total. The van der Waals surface area contributed by atoms with Gasteiger partial charge in [-0.05, 0) is 6.42 Å². The number of fused-ring (bicyclic) bond motifs is 1. The number of nitrogens with two attached hydrogens (primary N) is 1. The van der Waals surface area contributed by atoms with Crippen LogP contribution in [0.4, 0.5) is 5.82 Å². The SMILES string of the molecule is CCCCCCc1nc2c(N)ncnc2n1[C@@H]1OC[C@H](O)[C@@H]1O. The van der Waals surface area contributed by atoms with Crippen LogP contribution in [0.3, 0.4) is 0 Å². The number of hydrogen-bond donors (Lipinski definition) is 3. The fraction of sp³-hybridized carbons (Fsp3) is 0.667. The summed E-state index contributed by atoms with van der Waals surface area (Å²) in [5.41, 5.74) is 6.93. The highest BCUT2D eigenvalue weighted by Gasteiger charge is 2.38. The molecule has 23 heavy (non-hydrogen) atoms. The second-order valence-corrected chi connectivity index (χ2v) is 5.92. The van der Waals surface area contributed by atoms with Crippen molar-refractivity contribution in [3.63, 3.8) is 0 Å². The highest BCUT2D eigenvalue weighted by molar-refractivity contribution is 5.81. The molecule has 1 saturated heterocycles. The number of aryl methyl sites for hydroxylation is 1. The van der Waals surface area contributed by atoms with Crippen molar-refractivity contribution in [3.8, 4) is 0 Å². The van der Waals surface area contributed by atoms with E-state index in [-0.39, 0.29) is 6.61 Å². The zero-order valence-electron chi connectivity index (χ0n) is 13.2. The maximum atomic E-state index is 10.2. The van der Waals surface area contributed by atoms with Gasteiger partial charge in [-0.1, -0.05) is 26.2 Å². The smallest absolute Gasteiger partial charge is 0.167 e. The van der Waals surface area contributed by atoms with Crippen molar-refractivity contribution in [2.45, 2.75) is 57.5 Å². The van der Waals surface area contributed by atoms with Gasteiger partial charge in [0.25, 0.3) is 0 Å². The topological polar surface area (TPSA) is 119 Å². The van der Waals surface area contributed by atoms with Crippen LogP contribution in [0, 0.1) is 0 Å². The average molecular weight is 321 g/mol. The Morgan fingerprint density at radius 3 is 2.83 bits per heavy atom. The highest BCUT2D eigenvalue weighted by atomic mass is 16.5. The summed E-state index contributed by atoms with van der Waals surface area (Å²) >= 11 is 0. The number of ether oxygens (including phenoxy) is 1. The second-order valence-electron chi connectivity index (χ2n) is 5.92. The van der Waals surface area contributed by atoms with E-state index in [1.807, 2.05) is 0 Å². The molecule has 1 fully saturated rings. The third kappa shape index (κ3) is 3.01. The standard InChI is InChI=1S/C15H23N5O3/c1-2-3-4-5-6-10-19-11-13(16)17-8-18-14(11)20(10)15-12(22)9(21)7-23-15/h8-9,12,15,21-22H,2-7H2,1H3,(H2,16,17,18)/t9-,12-,15+/m0/s1. The molecule has 0 spiro atoms. The molecule has 0 amide bonds. The molecule has 126 valence electrons. The Bertz CT molecular complexity index is 674. The van der Waals surface area contributed by atoms with Gasteiger partial charge in [-0.2, -0.15) is 0 Å². The maximum Gasteiger partial charge on any atom is 0.167 e. The number of nitrogen functional groups attached to an aromatic ring is 1. The molecule has 0 radical (unpaired) electrons. The molecule has 4 N–H and O–H groups in total. The van der Waals surface area contributed by atoms with E-state index in [2.05, 4.69) is 21.9 Å². The maximum absolute atomic E-state index is 10.2. The monoisotopic (exact) mass is 321 g/mol. The molecule has 1 aliphatic rings. The molecule has 8 heteroatoms. The summed E-state index contributed by atoms with van der Waals surface area (Å²) in [5.74, 6) is 1.05.